The topological polar surface area (TPSA) is 54.4 Å². The Bertz CT molecular complexity index is 189. The minimum atomic E-state index is -1.44. The maximum Gasteiger partial charge on any atom is 0.164 e. The Balaban J connectivity index is 4.78. The highest BCUT2D eigenvalue weighted by Crippen LogP contribution is 2.25. The number of carbonyl (C=O) groups is 2. The van der Waals surface area contributed by atoms with Gasteiger partial charge in [0, 0.05) is 6.42 Å². The van der Waals surface area contributed by atoms with Crippen molar-refractivity contribution in [3.05, 3.63) is 0 Å². The van der Waals surface area contributed by atoms with Crippen molar-refractivity contribution in [3.8, 4) is 0 Å². The molecule has 0 aliphatic heterocycles. The van der Waals surface area contributed by atoms with Crippen LogP contribution in [0.3, 0.4) is 0 Å². The summed E-state index contributed by atoms with van der Waals surface area (Å²) in [5, 5.41) is 9.97. The molecule has 0 spiro atoms. The number of rotatable bonds is 6. The van der Waals surface area contributed by atoms with Crippen LogP contribution < -0.4 is 0 Å². The Hall–Kier alpha value is -0.700. The quantitative estimate of drug-likeness (QED) is 0.637. The average Bonchev–Trinajstić information content (AvgIpc) is 2.17. The molecule has 3 nitrogen and oxygen atoms in total. The first-order valence-corrected chi connectivity index (χ1v) is 4.77. The lowest BCUT2D eigenvalue weighted by Gasteiger charge is -2.29. The molecule has 0 rings (SSSR count). The van der Waals surface area contributed by atoms with E-state index >= 15 is 0 Å². The predicted molar refractivity (Wildman–Crippen MR) is 50.4 cm³/mol. The molecule has 0 fully saturated rings. The van der Waals surface area contributed by atoms with Gasteiger partial charge in [-0.15, -0.1) is 0 Å². The second-order valence-electron chi connectivity index (χ2n) is 3.21. The molecule has 0 amide bonds. The van der Waals surface area contributed by atoms with E-state index in [4.69, 9.17) is 0 Å². The Morgan fingerprint density at radius 2 is 2.00 bits per heavy atom. The number of hydrogen-bond donors (Lipinski definition) is 1. The molecule has 76 valence electrons. The second-order valence-corrected chi connectivity index (χ2v) is 3.21. The summed E-state index contributed by atoms with van der Waals surface area (Å²) in [5.74, 6) is -0.807. The number of aliphatic hydroxyl groups is 1. The Morgan fingerprint density at radius 3 is 2.23 bits per heavy atom. The Morgan fingerprint density at radius 1 is 1.46 bits per heavy atom. The normalized spacial score (nSPS) is 17.5. The molecule has 0 aliphatic rings. The molecule has 1 N–H and O–H groups in total. The molecule has 0 aromatic carbocycles. The standard InChI is InChI=1S/C10H18O3/c1-4-8(7-11)10(13,6-3)9(12)5-2/h7-8,13H,4-6H2,1-3H3/t8-,10-/m1/s1. The van der Waals surface area contributed by atoms with Gasteiger partial charge in [-0.2, -0.15) is 0 Å². The lowest BCUT2D eigenvalue weighted by Crippen LogP contribution is -2.45. The van der Waals surface area contributed by atoms with Gasteiger partial charge >= 0.3 is 0 Å². The predicted octanol–water partition coefficient (Wildman–Crippen LogP) is 1.33. The minimum absolute atomic E-state index is 0.242. The van der Waals surface area contributed by atoms with E-state index in [9.17, 15) is 14.7 Å². The van der Waals surface area contributed by atoms with E-state index in [2.05, 4.69) is 0 Å². The van der Waals surface area contributed by atoms with Gasteiger partial charge in [-0.3, -0.25) is 4.79 Å². The smallest absolute Gasteiger partial charge is 0.164 e. The molecule has 0 aromatic heterocycles. The van der Waals surface area contributed by atoms with Crippen LogP contribution in [0.15, 0.2) is 0 Å². The van der Waals surface area contributed by atoms with E-state index in [1.165, 1.54) is 0 Å². The number of hydrogen-bond acceptors (Lipinski definition) is 3. The van der Waals surface area contributed by atoms with E-state index in [1.54, 1.807) is 20.8 Å². The summed E-state index contributed by atoms with van der Waals surface area (Å²) in [7, 11) is 0. The number of aldehydes is 1. The molecule has 2 atom stereocenters. The second kappa shape index (κ2) is 5.12. The van der Waals surface area contributed by atoms with Crippen molar-refractivity contribution in [2.45, 2.75) is 45.6 Å². The average molecular weight is 186 g/mol. The lowest BCUT2D eigenvalue weighted by atomic mass is 9.80. The van der Waals surface area contributed by atoms with Crippen LogP contribution in [0.4, 0.5) is 0 Å². The van der Waals surface area contributed by atoms with Crippen molar-refractivity contribution in [1.82, 2.24) is 0 Å². The van der Waals surface area contributed by atoms with Crippen LogP contribution in [0.5, 0.6) is 0 Å². The molecule has 0 heterocycles. The van der Waals surface area contributed by atoms with Crippen LogP contribution in [0, 0.1) is 5.92 Å². The zero-order valence-corrected chi connectivity index (χ0v) is 8.54. The van der Waals surface area contributed by atoms with Gasteiger partial charge in [0.2, 0.25) is 0 Å². The van der Waals surface area contributed by atoms with Crippen molar-refractivity contribution in [2.75, 3.05) is 0 Å². The number of carbonyl (C=O) groups excluding carboxylic acids is 2. The fourth-order valence-electron chi connectivity index (χ4n) is 1.52. The van der Waals surface area contributed by atoms with Gasteiger partial charge < -0.3 is 9.90 Å². The molecule has 0 bridgehead atoms. The van der Waals surface area contributed by atoms with Crippen LogP contribution in [-0.4, -0.2) is 22.8 Å². The molecule has 0 saturated heterocycles. The van der Waals surface area contributed by atoms with Crippen LogP contribution in [0.1, 0.15) is 40.0 Å². The highest BCUT2D eigenvalue weighted by Gasteiger charge is 2.39. The highest BCUT2D eigenvalue weighted by atomic mass is 16.3. The monoisotopic (exact) mass is 186 g/mol. The summed E-state index contributed by atoms with van der Waals surface area (Å²) in [6.45, 7) is 5.21. The van der Waals surface area contributed by atoms with Crippen LogP contribution >= 0.6 is 0 Å². The Kier molecular flexibility index (Phi) is 4.85. The molecule has 0 saturated carbocycles. The van der Waals surface area contributed by atoms with Gasteiger partial charge in [0.15, 0.2) is 5.78 Å². The first-order valence-electron chi connectivity index (χ1n) is 4.77. The van der Waals surface area contributed by atoms with Crippen molar-refractivity contribution >= 4 is 12.1 Å². The fraction of sp³-hybridized carbons (Fsp3) is 0.800. The minimum Gasteiger partial charge on any atom is -0.381 e. The molecular weight excluding hydrogens is 168 g/mol. The lowest BCUT2D eigenvalue weighted by molar-refractivity contribution is -0.147. The van der Waals surface area contributed by atoms with Gasteiger partial charge in [-0.1, -0.05) is 20.8 Å². The number of ketones is 1. The van der Waals surface area contributed by atoms with Crippen LogP contribution in [0.2, 0.25) is 0 Å². The summed E-state index contributed by atoms with van der Waals surface area (Å²) in [6, 6.07) is 0. The van der Waals surface area contributed by atoms with Crippen molar-refractivity contribution in [2.24, 2.45) is 5.92 Å². The zero-order chi connectivity index (χ0) is 10.5. The summed E-state index contributed by atoms with van der Waals surface area (Å²) in [4.78, 5) is 22.1. The van der Waals surface area contributed by atoms with Crippen LogP contribution in [0.25, 0.3) is 0 Å². The largest absolute Gasteiger partial charge is 0.381 e. The maximum absolute atomic E-state index is 11.4. The summed E-state index contributed by atoms with van der Waals surface area (Å²) in [6.07, 6.45) is 1.75. The maximum atomic E-state index is 11.4. The number of Topliss-reactive ketones (excluding diaryl/α,β-unsaturated/α-hetero) is 1. The Labute approximate surface area is 79.1 Å². The van der Waals surface area contributed by atoms with Crippen molar-refractivity contribution < 1.29 is 14.7 Å². The zero-order valence-electron chi connectivity index (χ0n) is 8.54. The third-order valence-electron chi connectivity index (χ3n) is 2.56. The van der Waals surface area contributed by atoms with Gasteiger partial charge in [-0.25, -0.2) is 0 Å². The van der Waals surface area contributed by atoms with E-state index in [-0.39, 0.29) is 12.2 Å². The molecule has 13 heavy (non-hydrogen) atoms. The van der Waals surface area contributed by atoms with E-state index in [0.717, 1.165) is 0 Å². The molecular formula is C10H18O3. The summed E-state index contributed by atoms with van der Waals surface area (Å²) < 4.78 is 0. The van der Waals surface area contributed by atoms with Crippen molar-refractivity contribution in [1.29, 1.82) is 0 Å². The van der Waals surface area contributed by atoms with Gasteiger partial charge in [0.05, 0.1) is 5.92 Å². The molecule has 0 aromatic rings. The van der Waals surface area contributed by atoms with E-state index in [1.807, 2.05) is 0 Å². The molecule has 0 unspecified atom stereocenters. The molecule has 3 heteroatoms. The third kappa shape index (κ3) is 2.37. The highest BCUT2D eigenvalue weighted by molar-refractivity contribution is 5.89. The fourth-order valence-corrected chi connectivity index (χ4v) is 1.52. The van der Waals surface area contributed by atoms with Gasteiger partial charge in [0.1, 0.15) is 11.9 Å². The van der Waals surface area contributed by atoms with Gasteiger partial charge in [0.25, 0.3) is 0 Å². The molecule has 0 radical (unpaired) electrons. The van der Waals surface area contributed by atoms with Crippen molar-refractivity contribution in [3.63, 3.8) is 0 Å². The van der Waals surface area contributed by atoms with Gasteiger partial charge in [-0.05, 0) is 12.8 Å². The molecule has 0 aliphatic carbocycles. The summed E-state index contributed by atoms with van der Waals surface area (Å²) in [5.41, 5.74) is -1.44. The SMILES string of the molecule is CCC(=O)[C@@](O)(CC)[C@@H](C=O)CC. The van der Waals surface area contributed by atoms with E-state index < -0.39 is 11.5 Å². The first kappa shape index (κ1) is 12.3. The third-order valence-corrected chi connectivity index (χ3v) is 2.56. The van der Waals surface area contributed by atoms with E-state index in [0.29, 0.717) is 19.1 Å². The van der Waals surface area contributed by atoms with Crippen LogP contribution in [-0.2, 0) is 9.59 Å². The summed E-state index contributed by atoms with van der Waals surface area (Å²) >= 11 is 0. The first-order chi connectivity index (χ1) is 6.06.